The summed E-state index contributed by atoms with van der Waals surface area (Å²) in [6.07, 6.45) is 0. The van der Waals surface area contributed by atoms with Gasteiger partial charge in [0.1, 0.15) is 0 Å². The third-order valence-electron chi connectivity index (χ3n) is 1.49. The average Bonchev–Trinajstić information content (AvgIpc) is 2.21. The summed E-state index contributed by atoms with van der Waals surface area (Å²) < 4.78 is 34.0. The first-order valence-corrected chi connectivity index (χ1v) is 6.07. The number of alkyl halides is 1. The maximum atomic E-state index is 12.0. The maximum Gasteiger partial charge on any atom is 0.207 e. The number of benzene rings is 1. The number of hydrogen-bond acceptors (Lipinski definition) is 2. The van der Waals surface area contributed by atoms with E-state index in [0.717, 1.165) is 5.56 Å². The molecular weight excluding hydrogens is 203 g/mol. The summed E-state index contributed by atoms with van der Waals surface area (Å²) in [7, 11) is -3.69. The molecule has 1 rings (SSSR count). The van der Waals surface area contributed by atoms with Gasteiger partial charge in [-0.2, -0.15) is 0 Å². The highest BCUT2D eigenvalue weighted by Crippen LogP contribution is 2.12. The van der Waals surface area contributed by atoms with E-state index in [4.69, 9.17) is 0 Å². The van der Waals surface area contributed by atoms with E-state index in [2.05, 4.69) is 0 Å². The van der Waals surface area contributed by atoms with Crippen LogP contribution < -0.4 is 0 Å². The number of halogens is 1. The molecule has 0 unspecified atom stereocenters. The predicted molar refractivity (Wildman–Crippen MR) is 55.7 cm³/mol. The van der Waals surface area contributed by atoms with Crippen molar-refractivity contribution in [1.82, 2.24) is 0 Å². The van der Waals surface area contributed by atoms with Gasteiger partial charge in [-0.05, 0) is 24.6 Å². The monoisotopic (exact) mass is 218 g/mol. The first-order chi connectivity index (χ1) is 6.56. The van der Waals surface area contributed by atoms with E-state index in [0.29, 0.717) is 0 Å². The van der Waals surface area contributed by atoms with Crippen LogP contribution in [-0.2, 0) is 9.84 Å². The Bertz CT molecular complexity index is 371. The zero-order valence-electron chi connectivity index (χ0n) is 8.62. The Labute approximate surface area is 84.7 Å². The molecule has 0 spiro atoms. The van der Waals surface area contributed by atoms with E-state index in [1.165, 1.54) is 12.1 Å². The van der Waals surface area contributed by atoms with Crippen molar-refractivity contribution in [1.29, 1.82) is 0 Å². The van der Waals surface area contributed by atoms with Gasteiger partial charge in [-0.1, -0.05) is 26.0 Å². The van der Waals surface area contributed by atoms with E-state index in [1.54, 1.807) is 19.1 Å². The van der Waals surface area contributed by atoms with Crippen LogP contribution in [0, 0.1) is 6.92 Å². The van der Waals surface area contributed by atoms with Crippen LogP contribution in [0.4, 0.5) is 4.39 Å². The van der Waals surface area contributed by atoms with Gasteiger partial charge in [0.15, 0.2) is 6.01 Å². The zero-order valence-corrected chi connectivity index (χ0v) is 9.44. The van der Waals surface area contributed by atoms with Crippen LogP contribution >= 0.6 is 0 Å². The van der Waals surface area contributed by atoms with Crippen molar-refractivity contribution >= 4 is 9.84 Å². The Kier molecular flexibility index (Phi) is 5.38. The van der Waals surface area contributed by atoms with Crippen LogP contribution in [-0.4, -0.2) is 14.4 Å². The highest BCUT2D eigenvalue weighted by Gasteiger charge is 2.12. The van der Waals surface area contributed by atoms with Crippen molar-refractivity contribution in [2.45, 2.75) is 25.7 Å². The van der Waals surface area contributed by atoms with Crippen molar-refractivity contribution in [3.8, 4) is 0 Å². The minimum Gasteiger partial charge on any atom is -0.233 e. The molecule has 0 saturated heterocycles. The zero-order chi connectivity index (χ0) is 11.2. The van der Waals surface area contributed by atoms with E-state index < -0.39 is 15.8 Å². The first kappa shape index (κ1) is 13.1. The number of sulfone groups is 1. The minimum atomic E-state index is -3.69. The molecule has 80 valence electrons. The van der Waals surface area contributed by atoms with E-state index in [-0.39, 0.29) is 4.90 Å². The second-order valence-corrected chi connectivity index (χ2v) is 4.46. The molecule has 2 nitrogen and oxygen atoms in total. The molecule has 0 aliphatic rings. The highest BCUT2D eigenvalue weighted by atomic mass is 32.2. The number of aryl methyl sites for hydroxylation is 1. The molecule has 0 heterocycles. The molecule has 0 N–H and O–H groups in total. The fraction of sp³-hybridized carbons (Fsp3) is 0.400. The topological polar surface area (TPSA) is 34.1 Å². The Morgan fingerprint density at radius 1 is 1.29 bits per heavy atom. The van der Waals surface area contributed by atoms with Crippen LogP contribution in [0.25, 0.3) is 0 Å². The molecule has 0 bridgehead atoms. The molecule has 0 aliphatic heterocycles. The summed E-state index contributed by atoms with van der Waals surface area (Å²) in [5.41, 5.74) is 0.810. The fourth-order valence-corrected chi connectivity index (χ4v) is 1.65. The van der Waals surface area contributed by atoms with Crippen LogP contribution in [0.2, 0.25) is 0 Å². The Morgan fingerprint density at radius 2 is 1.86 bits per heavy atom. The third kappa shape index (κ3) is 3.46. The molecule has 0 amide bonds. The van der Waals surface area contributed by atoms with Crippen LogP contribution in [0.5, 0.6) is 0 Å². The molecule has 0 atom stereocenters. The molecule has 0 radical (unpaired) electrons. The van der Waals surface area contributed by atoms with Crippen LogP contribution in [0.1, 0.15) is 19.4 Å². The van der Waals surface area contributed by atoms with Crippen molar-refractivity contribution < 1.29 is 12.8 Å². The standard InChI is InChI=1S/C8H9FO2S.C2H6/c1-7-3-2-4-8(5-7)12(10,11)6-9;1-2/h2-5H,6H2,1H3;1-2H3. The summed E-state index contributed by atoms with van der Waals surface area (Å²) in [4.78, 5) is 0.0463. The Morgan fingerprint density at radius 3 is 2.29 bits per heavy atom. The lowest BCUT2D eigenvalue weighted by atomic mass is 10.2. The molecule has 1 aromatic rings. The summed E-state index contributed by atoms with van der Waals surface area (Å²) >= 11 is 0. The summed E-state index contributed by atoms with van der Waals surface area (Å²) in [6, 6.07) is 4.86. The second kappa shape index (κ2) is 5.75. The first-order valence-electron chi connectivity index (χ1n) is 4.41. The maximum absolute atomic E-state index is 12.0. The Balaban J connectivity index is 0.000000791. The average molecular weight is 218 g/mol. The van der Waals surface area contributed by atoms with Gasteiger partial charge in [0, 0.05) is 0 Å². The van der Waals surface area contributed by atoms with Crippen molar-refractivity contribution in [3.05, 3.63) is 29.8 Å². The van der Waals surface area contributed by atoms with Crippen molar-refractivity contribution in [2.24, 2.45) is 0 Å². The van der Waals surface area contributed by atoms with E-state index in [1.807, 2.05) is 13.8 Å². The molecule has 0 aliphatic carbocycles. The van der Waals surface area contributed by atoms with Gasteiger partial charge in [-0.25, -0.2) is 12.8 Å². The summed E-state index contributed by atoms with van der Waals surface area (Å²) in [5, 5.41) is 0. The van der Waals surface area contributed by atoms with Gasteiger partial charge in [0.25, 0.3) is 0 Å². The largest absolute Gasteiger partial charge is 0.233 e. The molecule has 0 saturated carbocycles. The Hall–Kier alpha value is -0.900. The summed E-state index contributed by atoms with van der Waals surface area (Å²) in [6.45, 7) is 5.76. The summed E-state index contributed by atoms with van der Waals surface area (Å²) in [5.74, 6) is 0. The van der Waals surface area contributed by atoms with Crippen LogP contribution in [0.3, 0.4) is 0 Å². The van der Waals surface area contributed by atoms with Gasteiger partial charge >= 0.3 is 0 Å². The van der Waals surface area contributed by atoms with Gasteiger partial charge in [-0.3, -0.25) is 0 Å². The lowest BCUT2D eigenvalue weighted by Gasteiger charge is -1.99. The van der Waals surface area contributed by atoms with Gasteiger partial charge in [0.05, 0.1) is 4.90 Å². The van der Waals surface area contributed by atoms with E-state index in [9.17, 15) is 12.8 Å². The molecule has 4 heteroatoms. The lowest BCUT2D eigenvalue weighted by molar-refractivity contribution is 0.534. The number of hydrogen-bond donors (Lipinski definition) is 0. The second-order valence-electron chi connectivity index (χ2n) is 2.54. The smallest absolute Gasteiger partial charge is 0.207 e. The fourth-order valence-electron chi connectivity index (χ4n) is 0.872. The predicted octanol–water partition coefficient (Wildman–Crippen LogP) is 2.72. The molecule has 0 aromatic heterocycles. The van der Waals surface area contributed by atoms with Gasteiger partial charge in [-0.15, -0.1) is 0 Å². The third-order valence-corrected chi connectivity index (χ3v) is 2.75. The van der Waals surface area contributed by atoms with Crippen molar-refractivity contribution in [3.63, 3.8) is 0 Å². The van der Waals surface area contributed by atoms with Crippen molar-refractivity contribution in [2.75, 3.05) is 6.01 Å². The molecule has 0 fully saturated rings. The van der Waals surface area contributed by atoms with Gasteiger partial charge in [0.2, 0.25) is 9.84 Å². The normalized spacial score (nSPS) is 10.3. The van der Waals surface area contributed by atoms with E-state index >= 15 is 0 Å². The highest BCUT2D eigenvalue weighted by molar-refractivity contribution is 7.91. The SMILES string of the molecule is CC.Cc1cccc(S(=O)(=O)CF)c1. The lowest BCUT2D eigenvalue weighted by Crippen LogP contribution is -2.02. The molecule has 14 heavy (non-hydrogen) atoms. The quantitative estimate of drug-likeness (QED) is 0.764. The molecule has 1 aromatic carbocycles. The molecular formula is C10H15FO2S. The number of rotatable bonds is 2. The van der Waals surface area contributed by atoms with Gasteiger partial charge < -0.3 is 0 Å². The van der Waals surface area contributed by atoms with Crippen LogP contribution in [0.15, 0.2) is 29.2 Å². The minimum absolute atomic E-state index is 0.0463.